The number of nitrogens with two attached hydrogens (primary N) is 1. The fourth-order valence-corrected chi connectivity index (χ4v) is 2.96. The summed E-state index contributed by atoms with van der Waals surface area (Å²) >= 11 is 0. The van der Waals surface area contributed by atoms with Crippen LogP contribution < -0.4 is 15.8 Å². The van der Waals surface area contributed by atoms with Crippen LogP contribution in [0.5, 0.6) is 5.75 Å². The van der Waals surface area contributed by atoms with Crippen LogP contribution in [-0.2, 0) is 0 Å². The first-order valence-corrected chi connectivity index (χ1v) is 7.66. The number of halogens is 1. The molecule has 1 aliphatic heterocycles. The fraction of sp³-hybridized carbons (Fsp3) is 0.625. The molecule has 0 radical (unpaired) electrons. The average molecular weight is 295 g/mol. The predicted molar refractivity (Wildman–Crippen MR) is 84.3 cm³/mol. The number of nitrogens with one attached hydrogen (secondary N) is 1. The van der Waals surface area contributed by atoms with E-state index in [2.05, 4.69) is 17.1 Å². The van der Waals surface area contributed by atoms with Crippen molar-refractivity contribution < 1.29 is 9.13 Å². The number of ether oxygens (including phenoxy) is 1. The van der Waals surface area contributed by atoms with Crippen LogP contribution in [0.4, 0.5) is 10.1 Å². The predicted octanol–water partition coefficient (Wildman–Crippen LogP) is 2.45. The summed E-state index contributed by atoms with van der Waals surface area (Å²) in [6.45, 7) is 5.80. The van der Waals surface area contributed by atoms with Gasteiger partial charge in [0.2, 0.25) is 0 Å². The van der Waals surface area contributed by atoms with Crippen LogP contribution in [-0.4, -0.2) is 43.7 Å². The number of hydrogen-bond donors (Lipinski definition) is 2. The Balaban J connectivity index is 2.18. The number of benzene rings is 1. The third-order valence-electron chi connectivity index (χ3n) is 4.45. The molecule has 0 spiro atoms. The van der Waals surface area contributed by atoms with Crippen LogP contribution in [0.2, 0.25) is 0 Å². The maximum Gasteiger partial charge on any atom is 0.146 e. The minimum absolute atomic E-state index is 0.239. The molecular formula is C16H26FN3O. The van der Waals surface area contributed by atoms with E-state index >= 15 is 0 Å². The summed E-state index contributed by atoms with van der Waals surface area (Å²) in [7, 11) is 1.58. The van der Waals surface area contributed by atoms with Gasteiger partial charge in [-0.2, -0.15) is 0 Å². The van der Waals surface area contributed by atoms with Crippen molar-refractivity contribution in [3.63, 3.8) is 0 Å². The molecule has 2 rings (SSSR count). The first-order valence-electron chi connectivity index (χ1n) is 7.66. The lowest BCUT2D eigenvalue weighted by atomic mass is 9.90. The molecule has 0 aromatic heterocycles. The zero-order chi connectivity index (χ0) is 15.3. The van der Waals surface area contributed by atoms with Crippen molar-refractivity contribution in [3.05, 3.63) is 24.0 Å². The summed E-state index contributed by atoms with van der Waals surface area (Å²) in [5, 5.41) is 3.37. The molecule has 0 aliphatic carbocycles. The van der Waals surface area contributed by atoms with Crippen molar-refractivity contribution in [3.8, 4) is 5.75 Å². The summed E-state index contributed by atoms with van der Waals surface area (Å²) in [4.78, 5) is 2.42. The quantitative estimate of drug-likeness (QED) is 0.876. The van der Waals surface area contributed by atoms with Gasteiger partial charge in [0, 0.05) is 19.2 Å². The van der Waals surface area contributed by atoms with Crippen molar-refractivity contribution in [2.45, 2.75) is 31.7 Å². The Labute approximate surface area is 126 Å². The lowest BCUT2D eigenvalue weighted by molar-refractivity contribution is 0.293. The van der Waals surface area contributed by atoms with Crippen LogP contribution >= 0.6 is 0 Å². The molecule has 1 unspecified atom stereocenters. The lowest BCUT2D eigenvalue weighted by Crippen LogP contribution is -2.46. The summed E-state index contributed by atoms with van der Waals surface area (Å²) in [6, 6.07) is 4.76. The summed E-state index contributed by atoms with van der Waals surface area (Å²) in [6.07, 6.45) is 2.95. The third kappa shape index (κ3) is 3.86. The molecule has 1 aromatic rings. The summed E-state index contributed by atoms with van der Waals surface area (Å²) in [5.41, 5.74) is 6.27. The smallest absolute Gasteiger partial charge is 0.146 e. The van der Waals surface area contributed by atoms with Gasteiger partial charge in [0.1, 0.15) is 11.6 Å². The molecule has 1 heterocycles. The first kappa shape index (κ1) is 16.0. The Morgan fingerprint density at radius 1 is 1.38 bits per heavy atom. The minimum Gasteiger partial charge on any atom is -0.497 e. The highest BCUT2D eigenvalue weighted by Crippen LogP contribution is 2.29. The second kappa shape index (κ2) is 7.09. The number of rotatable bonds is 5. The Morgan fingerprint density at radius 2 is 2.19 bits per heavy atom. The molecule has 0 bridgehead atoms. The zero-order valence-corrected chi connectivity index (χ0v) is 13.0. The SMILES string of the molecule is CCN1CCCC(CN)(Nc2cc(OC)ccc2F)CC1. The van der Waals surface area contributed by atoms with Gasteiger partial charge in [0.15, 0.2) is 0 Å². The van der Waals surface area contributed by atoms with Gasteiger partial charge in [-0.25, -0.2) is 4.39 Å². The van der Waals surface area contributed by atoms with E-state index in [0.717, 1.165) is 38.9 Å². The molecule has 118 valence electrons. The minimum atomic E-state index is -0.264. The monoisotopic (exact) mass is 295 g/mol. The van der Waals surface area contributed by atoms with Gasteiger partial charge >= 0.3 is 0 Å². The van der Waals surface area contributed by atoms with Crippen LogP contribution in [0.15, 0.2) is 18.2 Å². The fourth-order valence-electron chi connectivity index (χ4n) is 2.96. The molecule has 21 heavy (non-hydrogen) atoms. The first-order chi connectivity index (χ1) is 10.1. The van der Waals surface area contributed by atoms with Crippen LogP contribution in [0.25, 0.3) is 0 Å². The highest BCUT2D eigenvalue weighted by Gasteiger charge is 2.31. The van der Waals surface area contributed by atoms with Crippen molar-refractivity contribution >= 4 is 5.69 Å². The number of methoxy groups -OCH3 is 1. The maximum absolute atomic E-state index is 14.0. The van der Waals surface area contributed by atoms with E-state index in [4.69, 9.17) is 10.5 Å². The van der Waals surface area contributed by atoms with E-state index in [1.54, 1.807) is 19.2 Å². The summed E-state index contributed by atoms with van der Waals surface area (Å²) < 4.78 is 19.2. The standard InChI is InChI=1S/C16H26FN3O/c1-3-20-9-4-7-16(12-18,8-10-20)19-15-11-13(21-2)5-6-14(15)17/h5-6,11,19H,3-4,7-10,12,18H2,1-2H3. The van der Waals surface area contributed by atoms with E-state index in [1.807, 2.05) is 0 Å². The van der Waals surface area contributed by atoms with Crippen LogP contribution in [0.3, 0.4) is 0 Å². The molecule has 1 fully saturated rings. The van der Waals surface area contributed by atoms with Crippen LogP contribution in [0, 0.1) is 5.82 Å². The van der Waals surface area contributed by atoms with E-state index in [1.165, 1.54) is 6.07 Å². The van der Waals surface area contributed by atoms with Crippen molar-refractivity contribution in [2.75, 3.05) is 38.6 Å². The molecule has 5 heteroatoms. The van der Waals surface area contributed by atoms with Gasteiger partial charge in [-0.05, 0) is 44.5 Å². The number of anilines is 1. The zero-order valence-electron chi connectivity index (χ0n) is 13.0. The normalized spacial score (nSPS) is 23.6. The van der Waals surface area contributed by atoms with E-state index in [-0.39, 0.29) is 11.4 Å². The molecule has 3 N–H and O–H groups in total. The molecular weight excluding hydrogens is 269 g/mol. The Hall–Kier alpha value is -1.33. The van der Waals surface area contributed by atoms with Gasteiger partial charge in [-0.15, -0.1) is 0 Å². The van der Waals surface area contributed by atoms with Gasteiger partial charge in [-0.1, -0.05) is 6.92 Å². The number of likely N-dealkylation sites (tertiary alicyclic amines) is 1. The number of nitrogens with zero attached hydrogens (tertiary/aromatic N) is 1. The third-order valence-corrected chi connectivity index (χ3v) is 4.45. The Kier molecular flexibility index (Phi) is 5.42. The second-order valence-corrected chi connectivity index (χ2v) is 5.74. The highest BCUT2D eigenvalue weighted by molar-refractivity contribution is 5.51. The van der Waals surface area contributed by atoms with E-state index < -0.39 is 0 Å². The average Bonchev–Trinajstić information content (AvgIpc) is 2.72. The molecule has 4 nitrogen and oxygen atoms in total. The molecule has 0 saturated carbocycles. The Bertz CT molecular complexity index is 469. The number of hydrogen-bond acceptors (Lipinski definition) is 4. The highest BCUT2D eigenvalue weighted by atomic mass is 19.1. The lowest BCUT2D eigenvalue weighted by Gasteiger charge is -2.34. The molecule has 1 saturated heterocycles. The van der Waals surface area contributed by atoms with Gasteiger partial charge in [-0.3, -0.25) is 0 Å². The molecule has 1 aliphatic rings. The van der Waals surface area contributed by atoms with Gasteiger partial charge in [0.05, 0.1) is 18.3 Å². The van der Waals surface area contributed by atoms with E-state index in [0.29, 0.717) is 18.0 Å². The van der Waals surface area contributed by atoms with Crippen LogP contribution in [0.1, 0.15) is 26.2 Å². The molecule has 1 atom stereocenters. The molecule has 1 aromatic carbocycles. The topological polar surface area (TPSA) is 50.5 Å². The second-order valence-electron chi connectivity index (χ2n) is 5.74. The Morgan fingerprint density at radius 3 is 2.86 bits per heavy atom. The molecule has 0 amide bonds. The van der Waals surface area contributed by atoms with Crippen molar-refractivity contribution in [1.82, 2.24) is 4.90 Å². The largest absolute Gasteiger partial charge is 0.497 e. The van der Waals surface area contributed by atoms with E-state index in [9.17, 15) is 4.39 Å². The van der Waals surface area contributed by atoms with Gasteiger partial charge in [0.25, 0.3) is 0 Å². The maximum atomic E-state index is 14.0. The van der Waals surface area contributed by atoms with Crippen molar-refractivity contribution in [1.29, 1.82) is 0 Å². The van der Waals surface area contributed by atoms with Crippen molar-refractivity contribution in [2.24, 2.45) is 5.73 Å². The summed E-state index contributed by atoms with van der Waals surface area (Å²) in [5.74, 6) is 0.384. The van der Waals surface area contributed by atoms with Gasteiger partial charge < -0.3 is 20.7 Å².